The zero-order valence-corrected chi connectivity index (χ0v) is 11.3. The van der Waals surface area contributed by atoms with Crippen LogP contribution in [0.2, 0.25) is 0 Å². The molecular weight excluding hydrogens is 236 g/mol. The molecule has 1 aliphatic rings. The van der Waals surface area contributed by atoms with E-state index < -0.39 is 0 Å². The van der Waals surface area contributed by atoms with Crippen molar-refractivity contribution in [2.24, 2.45) is 5.84 Å². The van der Waals surface area contributed by atoms with E-state index in [-0.39, 0.29) is 0 Å². The fourth-order valence-corrected chi connectivity index (χ4v) is 2.41. The predicted molar refractivity (Wildman–Crippen MR) is 76.7 cm³/mol. The molecule has 1 fully saturated rings. The Kier molecular flexibility index (Phi) is 2.95. The van der Waals surface area contributed by atoms with Gasteiger partial charge in [-0.2, -0.15) is 0 Å². The third-order valence-corrected chi connectivity index (χ3v) is 3.59. The van der Waals surface area contributed by atoms with Crippen LogP contribution in [-0.2, 0) is 0 Å². The van der Waals surface area contributed by atoms with Gasteiger partial charge in [0.15, 0.2) is 5.82 Å². The maximum Gasteiger partial charge on any atom is 0.162 e. The van der Waals surface area contributed by atoms with Gasteiger partial charge in [0.05, 0.1) is 0 Å². The summed E-state index contributed by atoms with van der Waals surface area (Å²) in [7, 11) is 0. The lowest BCUT2D eigenvalue weighted by Gasteiger charge is -2.11. The smallest absolute Gasteiger partial charge is 0.162 e. The first-order valence-corrected chi connectivity index (χ1v) is 6.61. The van der Waals surface area contributed by atoms with E-state index in [1.807, 2.05) is 6.07 Å². The Morgan fingerprint density at radius 3 is 2.42 bits per heavy atom. The molecule has 1 aromatic heterocycles. The summed E-state index contributed by atoms with van der Waals surface area (Å²) in [5, 5.41) is 0. The van der Waals surface area contributed by atoms with Crippen molar-refractivity contribution < 1.29 is 0 Å². The van der Waals surface area contributed by atoms with Gasteiger partial charge in [0, 0.05) is 23.2 Å². The Hall–Kier alpha value is -1.94. The first kappa shape index (κ1) is 12.1. The van der Waals surface area contributed by atoms with Crippen molar-refractivity contribution in [1.29, 1.82) is 0 Å². The van der Waals surface area contributed by atoms with Crippen molar-refractivity contribution >= 4 is 5.82 Å². The van der Waals surface area contributed by atoms with Gasteiger partial charge < -0.3 is 5.43 Å². The second kappa shape index (κ2) is 4.63. The van der Waals surface area contributed by atoms with Crippen LogP contribution in [0, 0.1) is 13.8 Å². The first-order chi connectivity index (χ1) is 9.19. The number of nitrogens with two attached hydrogens (primary N) is 1. The lowest BCUT2D eigenvalue weighted by atomic mass is 10.0. The van der Waals surface area contributed by atoms with Crippen LogP contribution in [0.1, 0.15) is 35.6 Å². The molecule has 0 bridgehead atoms. The van der Waals surface area contributed by atoms with Crippen molar-refractivity contribution in [2.75, 3.05) is 5.43 Å². The monoisotopic (exact) mass is 254 g/mol. The van der Waals surface area contributed by atoms with E-state index in [0.29, 0.717) is 11.7 Å². The van der Waals surface area contributed by atoms with E-state index in [4.69, 9.17) is 10.8 Å². The molecule has 0 spiro atoms. The number of anilines is 1. The SMILES string of the molecule is Cc1cccc(C)c1-c1nc(NN)cc(C2CC2)n1. The highest BCUT2D eigenvalue weighted by Crippen LogP contribution is 2.40. The molecule has 19 heavy (non-hydrogen) atoms. The van der Waals surface area contributed by atoms with Crippen LogP contribution in [0.25, 0.3) is 11.4 Å². The van der Waals surface area contributed by atoms with E-state index in [2.05, 4.69) is 42.5 Å². The molecule has 3 rings (SSSR count). The summed E-state index contributed by atoms with van der Waals surface area (Å²) in [5.41, 5.74) is 7.24. The second-order valence-electron chi connectivity index (χ2n) is 5.19. The number of nitrogens with one attached hydrogen (secondary N) is 1. The lowest BCUT2D eigenvalue weighted by molar-refractivity contribution is 0.988. The molecule has 0 saturated heterocycles. The zero-order chi connectivity index (χ0) is 13.4. The minimum atomic E-state index is 0.582. The normalized spacial score (nSPS) is 14.5. The molecule has 0 aliphatic heterocycles. The second-order valence-corrected chi connectivity index (χ2v) is 5.19. The van der Waals surface area contributed by atoms with Gasteiger partial charge in [-0.15, -0.1) is 0 Å². The first-order valence-electron chi connectivity index (χ1n) is 6.61. The van der Waals surface area contributed by atoms with Crippen LogP contribution >= 0.6 is 0 Å². The van der Waals surface area contributed by atoms with E-state index in [0.717, 1.165) is 17.1 Å². The minimum absolute atomic E-state index is 0.582. The third-order valence-electron chi connectivity index (χ3n) is 3.59. The minimum Gasteiger partial charge on any atom is -0.308 e. The molecule has 0 radical (unpaired) electrons. The van der Waals surface area contributed by atoms with E-state index in [1.165, 1.54) is 24.0 Å². The molecular formula is C15H18N4. The number of benzene rings is 1. The summed E-state index contributed by atoms with van der Waals surface area (Å²) in [6, 6.07) is 8.19. The Morgan fingerprint density at radius 1 is 1.16 bits per heavy atom. The summed E-state index contributed by atoms with van der Waals surface area (Å²) in [6.07, 6.45) is 2.43. The van der Waals surface area contributed by atoms with Gasteiger partial charge in [0.25, 0.3) is 0 Å². The highest BCUT2D eigenvalue weighted by molar-refractivity contribution is 5.65. The molecule has 2 aromatic rings. The molecule has 0 atom stereocenters. The summed E-state index contributed by atoms with van der Waals surface area (Å²) in [5.74, 6) is 7.56. The number of hydrazine groups is 1. The van der Waals surface area contributed by atoms with Crippen molar-refractivity contribution in [2.45, 2.75) is 32.6 Å². The maximum atomic E-state index is 5.52. The van der Waals surface area contributed by atoms with Crippen LogP contribution < -0.4 is 11.3 Å². The van der Waals surface area contributed by atoms with Crippen molar-refractivity contribution in [1.82, 2.24) is 9.97 Å². The fraction of sp³-hybridized carbons (Fsp3) is 0.333. The van der Waals surface area contributed by atoms with Crippen LogP contribution in [0.5, 0.6) is 0 Å². The molecule has 3 N–H and O–H groups in total. The summed E-state index contributed by atoms with van der Waals surface area (Å²) < 4.78 is 0. The molecule has 4 heteroatoms. The van der Waals surface area contributed by atoms with Gasteiger partial charge in [-0.1, -0.05) is 18.2 Å². The van der Waals surface area contributed by atoms with Gasteiger partial charge in [0.1, 0.15) is 5.82 Å². The molecule has 0 amide bonds. The van der Waals surface area contributed by atoms with Crippen molar-refractivity contribution in [3.8, 4) is 11.4 Å². The molecule has 1 saturated carbocycles. The van der Waals surface area contributed by atoms with Crippen LogP contribution in [0.4, 0.5) is 5.82 Å². The Morgan fingerprint density at radius 2 is 1.84 bits per heavy atom. The lowest BCUT2D eigenvalue weighted by Crippen LogP contribution is -2.11. The van der Waals surface area contributed by atoms with Gasteiger partial charge >= 0.3 is 0 Å². The number of nitrogen functional groups attached to an aromatic ring is 1. The van der Waals surface area contributed by atoms with Gasteiger partial charge in [-0.05, 0) is 37.8 Å². The summed E-state index contributed by atoms with van der Waals surface area (Å²) in [6.45, 7) is 4.18. The largest absolute Gasteiger partial charge is 0.308 e. The number of nitrogens with zero attached hydrogens (tertiary/aromatic N) is 2. The molecule has 1 aromatic carbocycles. The quantitative estimate of drug-likeness (QED) is 0.653. The van der Waals surface area contributed by atoms with Crippen LogP contribution in [0.3, 0.4) is 0 Å². The highest BCUT2D eigenvalue weighted by Gasteiger charge is 2.26. The van der Waals surface area contributed by atoms with Gasteiger partial charge in [-0.3, -0.25) is 0 Å². The predicted octanol–water partition coefficient (Wildman–Crippen LogP) is 2.92. The van der Waals surface area contributed by atoms with Crippen LogP contribution in [0.15, 0.2) is 24.3 Å². The Bertz CT molecular complexity index is 597. The average molecular weight is 254 g/mol. The summed E-state index contributed by atoms with van der Waals surface area (Å²) >= 11 is 0. The Labute approximate surface area is 113 Å². The van der Waals surface area contributed by atoms with Gasteiger partial charge in [-0.25, -0.2) is 15.8 Å². The van der Waals surface area contributed by atoms with Crippen molar-refractivity contribution in [3.63, 3.8) is 0 Å². The molecule has 1 aliphatic carbocycles. The Balaban J connectivity index is 2.16. The standard InChI is InChI=1S/C15H18N4/c1-9-4-3-5-10(2)14(9)15-17-12(11-6-7-11)8-13(18-15)19-16/h3-5,8,11H,6-7,16H2,1-2H3,(H,17,18,19). The van der Waals surface area contributed by atoms with Crippen molar-refractivity contribution in [3.05, 3.63) is 41.1 Å². The van der Waals surface area contributed by atoms with E-state index in [9.17, 15) is 0 Å². The average Bonchev–Trinajstić information content (AvgIpc) is 3.22. The maximum absolute atomic E-state index is 5.52. The molecule has 4 nitrogen and oxygen atoms in total. The summed E-state index contributed by atoms with van der Waals surface area (Å²) in [4.78, 5) is 9.24. The van der Waals surface area contributed by atoms with E-state index >= 15 is 0 Å². The number of aromatic nitrogens is 2. The topological polar surface area (TPSA) is 63.8 Å². The number of aryl methyl sites for hydroxylation is 2. The molecule has 1 heterocycles. The highest BCUT2D eigenvalue weighted by atomic mass is 15.3. The van der Waals surface area contributed by atoms with Gasteiger partial charge in [0.2, 0.25) is 0 Å². The zero-order valence-electron chi connectivity index (χ0n) is 11.3. The van der Waals surface area contributed by atoms with Crippen LogP contribution in [-0.4, -0.2) is 9.97 Å². The van der Waals surface area contributed by atoms with E-state index in [1.54, 1.807) is 0 Å². The third kappa shape index (κ3) is 2.31. The number of hydrogen-bond acceptors (Lipinski definition) is 4. The molecule has 0 unspecified atom stereocenters. The number of rotatable bonds is 3. The number of hydrogen-bond donors (Lipinski definition) is 2. The fourth-order valence-electron chi connectivity index (χ4n) is 2.41. The molecule has 98 valence electrons.